The number of aliphatic imine (C=N–C) groups is 1. The Morgan fingerprint density at radius 2 is 1.39 bits per heavy atom. The minimum atomic E-state index is -1.75. The predicted octanol–water partition coefficient (Wildman–Crippen LogP) is 6.14. The van der Waals surface area contributed by atoms with Gasteiger partial charge in [-0.05, 0) is 13.3 Å². The molecule has 0 spiro atoms. The maximum absolute atomic E-state index is 14.8. The van der Waals surface area contributed by atoms with E-state index in [0.717, 1.165) is 25.7 Å². The lowest BCUT2D eigenvalue weighted by atomic mass is 10.0. The second-order valence-electron chi connectivity index (χ2n) is 10.7. The highest BCUT2D eigenvalue weighted by Crippen LogP contribution is 2.34. The van der Waals surface area contributed by atoms with Gasteiger partial charge in [-0.2, -0.15) is 9.18 Å². The molecule has 1 saturated heterocycles. The Balaban J connectivity index is 1.59. The molecule has 4 N–H and O–H groups in total. The number of amides is 3. The Labute approximate surface area is 226 Å². The zero-order valence-electron chi connectivity index (χ0n) is 23.2. The van der Waals surface area contributed by atoms with Gasteiger partial charge in [-0.3, -0.25) is 0 Å². The summed E-state index contributed by atoms with van der Waals surface area (Å²) in [7, 11) is 0. The highest BCUT2D eigenvalue weighted by Gasteiger charge is 2.62. The van der Waals surface area contributed by atoms with Gasteiger partial charge in [-0.1, -0.05) is 108 Å². The van der Waals surface area contributed by atoms with E-state index in [1.54, 1.807) is 0 Å². The largest absolute Gasteiger partial charge is 0.530 e. The van der Waals surface area contributed by atoms with Gasteiger partial charge >= 0.3 is 12.1 Å². The maximum Gasteiger partial charge on any atom is 0.530 e. The second-order valence-corrected chi connectivity index (χ2v) is 10.7. The molecule has 218 valence electrons. The van der Waals surface area contributed by atoms with Crippen LogP contribution in [-0.2, 0) is 4.74 Å². The summed E-state index contributed by atoms with van der Waals surface area (Å²) in [5.74, 6) is -1.35. The van der Waals surface area contributed by atoms with Crippen molar-refractivity contribution < 1.29 is 38.5 Å². The summed E-state index contributed by atoms with van der Waals surface area (Å²) in [5, 5.41) is 32.6. The van der Waals surface area contributed by atoms with Crippen molar-refractivity contribution in [1.29, 1.82) is 0 Å². The van der Waals surface area contributed by atoms with Crippen molar-refractivity contribution in [3.63, 3.8) is 0 Å². The number of aliphatic hydroxyl groups excluding tert-OH is 2. The molecule has 2 rings (SSSR count). The molecule has 5 atom stereocenters. The van der Waals surface area contributed by atoms with Crippen molar-refractivity contribution in [1.82, 2.24) is 5.32 Å². The Kier molecular flexibility index (Phi) is 14.4. The van der Waals surface area contributed by atoms with Crippen LogP contribution < -0.4 is 5.32 Å². The third kappa shape index (κ3) is 9.10. The Morgan fingerprint density at radius 3 is 1.82 bits per heavy atom. The molecule has 0 radical (unpaired) electrons. The fourth-order valence-electron chi connectivity index (χ4n) is 5.12. The van der Waals surface area contributed by atoms with Crippen LogP contribution in [0.2, 0.25) is 0 Å². The normalized spacial score (nSPS) is 27.3. The van der Waals surface area contributed by atoms with Crippen LogP contribution in [0.4, 0.5) is 14.0 Å². The fraction of sp³-hybridized carbons (Fsp3) is 0.821. The molecular formula is C28H49FN3O6+. The summed E-state index contributed by atoms with van der Waals surface area (Å²) < 4.78 is 18.4. The number of carbonyl (C=O) groups excluding carboxylic acids is 1. The average molecular weight is 543 g/mol. The van der Waals surface area contributed by atoms with Gasteiger partial charge in [0.1, 0.15) is 6.10 Å². The third-order valence-electron chi connectivity index (χ3n) is 7.58. The average Bonchev–Trinajstić information content (AvgIpc) is 3.14. The van der Waals surface area contributed by atoms with Crippen LogP contribution in [0.1, 0.15) is 117 Å². The number of imide groups is 1. The molecule has 0 bridgehead atoms. The summed E-state index contributed by atoms with van der Waals surface area (Å²) in [6.07, 6.45) is 13.1. The van der Waals surface area contributed by atoms with Crippen molar-refractivity contribution in [3.05, 3.63) is 12.0 Å². The number of unbranched alkanes of at least 4 members (excludes halogenated alkanes) is 15. The van der Waals surface area contributed by atoms with Crippen molar-refractivity contribution in [2.45, 2.75) is 141 Å². The summed E-state index contributed by atoms with van der Waals surface area (Å²) >= 11 is 0. The van der Waals surface area contributed by atoms with Crippen molar-refractivity contribution in [2.24, 2.45) is 4.99 Å². The summed E-state index contributed by atoms with van der Waals surface area (Å²) in [6.45, 7) is 4.08. The monoisotopic (exact) mass is 542 g/mol. The smallest absolute Gasteiger partial charge is 0.435 e. The molecule has 2 aliphatic rings. The van der Waals surface area contributed by atoms with Gasteiger partial charge in [0.05, 0.1) is 6.10 Å². The number of carboxylic acid groups (broad SMARTS) is 1. The summed E-state index contributed by atoms with van der Waals surface area (Å²) in [6, 6.07) is -1.21. The van der Waals surface area contributed by atoms with Crippen LogP contribution in [0.5, 0.6) is 0 Å². The molecule has 0 aromatic carbocycles. The van der Waals surface area contributed by atoms with E-state index in [4.69, 9.17) is 4.74 Å². The maximum atomic E-state index is 14.8. The van der Waals surface area contributed by atoms with Crippen LogP contribution in [0.15, 0.2) is 17.0 Å². The first-order chi connectivity index (χ1) is 18.3. The molecule has 0 saturated carbocycles. The molecule has 38 heavy (non-hydrogen) atoms. The quantitative estimate of drug-likeness (QED) is 0.121. The van der Waals surface area contributed by atoms with E-state index in [9.17, 15) is 29.3 Å². The van der Waals surface area contributed by atoms with E-state index in [1.165, 1.54) is 84.0 Å². The SMILES string of the molecule is CCCCCCCCCCCCCCCCCCNC1=NC(=O)[N+](C(=O)O)([C@@H]2O[C@H](C)[C@@H](O)[C@H]2O)C=C1F. The number of halogens is 1. The van der Waals surface area contributed by atoms with E-state index in [2.05, 4.69) is 17.2 Å². The molecule has 10 heteroatoms. The lowest BCUT2D eigenvalue weighted by molar-refractivity contribution is -0.785. The van der Waals surface area contributed by atoms with Gasteiger partial charge in [0.2, 0.25) is 12.1 Å². The van der Waals surface area contributed by atoms with Crippen LogP contribution >= 0.6 is 0 Å². The lowest BCUT2D eigenvalue weighted by Gasteiger charge is -2.32. The van der Waals surface area contributed by atoms with Gasteiger partial charge in [-0.15, -0.1) is 4.99 Å². The fourth-order valence-corrected chi connectivity index (χ4v) is 5.12. The van der Waals surface area contributed by atoms with Crippen molar-refractivity contribution in [3.8, 4) is 0 Å². The number of amidine groups is 1. The number of quaternary nitrogens is 1. The first kappa shape index (κ1) is 32.3. The zero-order chi connectivity index (χ0) is 28.0. The number of aliphatic hydroxyl groups is 2. The Bertz CT molecular complexity index is 807. The molecule has 1 fully saturated rings. The van der Waals surface area contributed by atoms with Crippen molar-refractivity contribution >= 4 is 18.0 Å². The minimum absolute atomic E-state index is 0.327. The van der Waals surface area contributed by atoms with E-state index < -0.39 is 47.0 Å². The van der Waals surface area contributed by atoms with E-state index in [0.29, 0.717) is 12.7 Å². The molecule has 2 aliphatic heterocycles. The number of hydrogen-bond acceptors (Lipinski definition) is 6. The number of rotatable bonds is 18. The highest BCUT2D eigenvalue weighted by atomic mass is 19.1. The third-order valence-corrected chi connectivity index (χ3v) is 7.58. The van der Waals surface area contributed by atoms with Gasteiger partial charge in [0, 0.05) is 6.54 Å². The van der Waals surface area contributed by atoms with E-state index >= 15 is 0 Å². The number of nitrogens with zero attached hydrogens (tertiary/aromatic N) is 2. The van der Waals surface area contributed by atoms with E-state index in [-0.39, 0.29) is 5.84 Å². The second kappa shape index (κ2) is 16.9. The number of carbonyl (C=O) groups is 2. The molecular weight excluding hydrogens is 493 g/mol. The molecule has 9 nitrogen and oxygen atoms in total. The summed E-state index contributed by atoms with van der Waals surface area (Å²) in [4.78, 5) is 28.3. The molecule has 2 heterocycles. The number of urea groups is 1. The lowest BCUT2D eigenvalue weighted by Crippen LogP contribution is -2.63. The molecule has 1 unspecified atom stereocenters. The van der Waals surface area contributed by atoms with Crippen LogP contribution in [0.3, 0.4) is 0 Å². The predicted molar refractivity (Wildman–Crippen MR) is 144 cm³/mol. The highest BCUT2D eigenvalue weighted by molar-refractivity contribution is 6.05. The number of nitrogens with one attached hydrogen (secondary N) is 1. The van der Waals surface area contributed by atoms with Gasteiger partial charge < -0.3 is 25.4 Å². The molecule has 0 aliphatic carbocycles. The topological polar surface area (TPSA) is 128 Å². The minimum Gasteiger partial charge on any atom is -0.435 e. The Hall–Kier alpha value is -1.88. The standard InChI is InChI=1S/C28H48FN3O6/c1-3-4-5-6-7-8-9-10-11-12-13-14-15-16-17-18-19-30-25-22(29)20-32(28(36)37,27(35)31-25)26-24(34)23(33)21(2)38-26/h20-21,23-24,26,33-34H,3-19H2,1-2H3,(H-,30,31,35,36,37)/p+1/t21-,23-,24-,26-,32?/m1/s1. The van der Waals surface area contributed by atoms with Gasteiger partial charge in [-0.25, -0.2) is 4.79 Å². The Morgan fingerprint density at radius 1 is 0.921 bits per heavy atom. The first-order valence-corrected chi connectivity index (χ1v) is 14.6. The molecule has 0 aromatic heterocycles. The van der Waals surface area contributed by atoms with Gasteiger partial charge in [0.25, 0.3) is 0 Å². The number of hydrogen-bond donors (Lipinski definition) is 4. The van der Waals surface area contributed by atoms with Crippen LogP contribution in [0, 0.1) is 0 Å². The van der Waals surface area contributed by atoms with Crippen molar-refractivity contribution in [2.75, 3.05) is 6.54 Å². The molecule has 0 aromatic rings. The summed E-state index contributed by atoms with van der Waals surface area (Å²) in [5.41, 5.74) is 0. The first-order valence-electron chi connectivity index (χ1n) is 14.6. The number of ether oxygens (including phenoxy) is 1. The van der Waals surface area contributed by atoms with Crippen LogP contribution in [0.25, 0.3) is 0 Å². The van der Waals surface area contributed by atoms with Crippen LogP contribution in [-0.4, -0.2) is 68.8 Å². The van der Waals surface area contributed by atoms with E-state index in [1.807, 2.05) is 0 Å². The zero-order valence-corrected chi connectivity index (χ0v) is 23.2. The van der Waals surface area contributed by atoms with Gasteiger partial charge in [0.15, 0.2) is 18.1 Å². The molecule has 3 amide bonds.